The van der Waals surface area contributed by atoms with Gasteiger partial charge in [-0.1, -0.05) is 11.3 Å². The van der Waals surface area contributed by atoms with E-state index >= 15 is 0 Å². The molecule has 0 unspecified atom stereocenters. The summed E-state index contributed by atoms with van der Waals surface area (Å²) in [5, 5.41) is 1.30. The minimum atomic E-state index is -4.41. The summed E-state index contributed by atoms with van der Waals surface area (Å²) < 4.78 is 34.5. The number of nitrogen functional groups attached to an aromatic ring is 1. The van der Waals surface area contributed by atoms with E-state index in [1.165, 1.54) is 15.2 Å². The Morgan fingerprint density at radius 2 is 2.00 bits per heavy atom. The van der Waals surface area contributed by atoms with Crippen LogP contribution in [0, 0.1) is 6.92 Å². The summed E-state index contributed by atoms with van der Waals surface area (Å²) in [7, 11) is -1.53. The van der Waals surface area contributed by atoms with Crippen molar-refractivity contribution in [2.45, 2.75) is 6.92 Å². The molecular weight excluding hydrogens is 276 g/mol. The first-order valence-electron chi connectivity index (χ1n) is 4.90. The van der Waals surface area contributed by atoms with Gasteiger partial charge >= 0.3 is 0 Å². The standard InChI is InChI=1S/C9H11N2S.CH4O4S/c1-6-11(2)8-4-3-7(10)5-9(8)12-6;1-5-6(2,3)4/h3-5H,10H2,1-2H3;1H3,(H,2,3,4)/q+1;/p-1. The van der Waals surface area contributed by atoms with Crippen LogP contribution in [0.4, 0.5) is 5.69 Å². The van der Waals surface area contributed by atoms with E-state index in [1.54, 1.807) is 11.3 Å². The molecule has 0 saturated carbocycles. The van der Waals surface area contributed by atoms with Gasteiger partial charge in [-0.2, -0.15) is 4.57 Å². The molecule has 2 aromatic rings. The monoisotopic (exact) mass is 290 g/mol. The molecule has 0 aliphatic carbocycles. The van der Waals surface area contributed by atoms with E-state index in [0.717, 1.165) is 12.8 Å². The fourth-order valence-corrected chi connectivity index (χ4v) is 2.34. The van der Waals surface area contributed by atoms with Gasteiger partial charge in [-0.05, 0) is 12.1 Å². The molecule has 2 N–H and O–H groups in total. The highest BCUT2D eigenvalue weighted by molar-refractivity contribution is 7.80. The maximum absolute atomic E-state index is 9.22. The molecule has 100 valence electrons. The van der Waals surface area contributed by atoms with E-state index in [4.69, 9.17) is 5.73 Å². The Hall–Kier alpha value is -1.22. The third-order valence-electron chi connectivity index (χ3n) is 2.28. The van der Waals surface area contributed by atoms with Gasteiger partial charge < -0.3 is 10.3 Å². The lowest BCUT2D eigenvalue weighted by Crippen LogP contribution is -2.28. The van der Waals surface area contributed by atoms with Gasteiger partial charge in [0.2, 0.25) is 20.9 Å². The molecule has 0 saturated heterocycles. The predicted molar refractivity (Wildman–Crippen MR) is 68.9 cm³/mol. The van der Waals surface area contributed by atoms with E-state index in [2.05, 4.69) is 28.8 Å². The number of hydrogen-bond donors (Lipinski definition) is 1. The van der Waals surface area contributed by atoms with Gasteiger partial charge in [0, 0.05) is 18.7 Å². The van der Waals surface area contributed by atoms with Gasteiger partial charge in [-0.25, -0.2) is 8.42 Å². The Labute approximate surface area is 110 Å². The lowest BCUT2D eigenvalue weighted by molar-refractivity contribution is -0.646. The lowest BCUT2D eigenvalue weighted by atomic mass is 10.3. The van der Waals surface area contributed by atoms with E-state index in [0.29, 0.717) is 0 Å². The minimum absolute atomic E-state index is 0.808. The average Bonchev–Trinajstić information content (AvgIpc) is 2.54. The fraction of sp³-hybridized carbons (Fsp3) is 0.300. The molecule has 1 heterocycles. The first kappa shape index (κ1) is 14.8. The molecule has 0 amide bonds. The van der Waals surface area contributed by atoms with Gasteiger partial charge in [0.05, 0.1) is 7.11 Å². The van der Waals surface area contributed by atoms with E-state index in [-0.39, 0.29) is 0 Å². The van der Waals surface area contributed by atoms with Crippen LogP contribution in [-0.2, 0) is 21.6 Å². The first-order chi connectivity index (χ1) is 8.24. The van der Waals surface area contributed by atoms with Crippen LogP contribution in [0.3, 0.4) is 0 Å². The fourth-order valence-electron chi connectivity index (χ4n) is 1.29. The minimum Gasteiger partial charge on any atom is -0.726 e. The molecule has 0 spiro atoms. The van der Waals surface area contributed by atoms with Crippen LogP contribution in [0.25, 0.3) is 10.2 Å². The molecule has 0 aliphatic heterocycles. The molecule has 1 aromatic carbocycles. The molecule has 18 heavy (non-hydrogen) atoms. The molecule has 6 nitrogen and oxygen atoms in total. The van der Waals surface area contributed by atoms with Crippen LogP contribution in [0.15, 0.2) is 18.2 Å². The summed E-state index contributed by atoms with van der Waals surface area (Å²) in [5.41, 5.74) is 7.77. The Bertz CT molecular complexity index is 649. The van der Waals surface area contributed by atoms with Gasteiger partial charge in [0.15, 0.2) is 0 Å². The predicted octanol–water partition coefficient (Wildman–Crippen LogP) is 0.709. The number of benzene rings is 1. The number of aryl methyl sites for hydroxylation is 2. The molecule has 1 aromatic heterocycles. The number of nitrogens with zero attached hydrogens (tertiary/aromatic N) is 1. The van der Waals surface area contributed by atoms with Gasteiger partial charge in [0.1, 0.15) is 11.7 Å². The Morgan fingerprint density at radius 1 is 1.44 bits per heavy atom. The summed E-state index contributed by atoms with van der Waals surface area (Å²) >= 11 is 1.78. The van der Waals surface area contributed by atoms with Crippen LogP contribution in [0.1, 0.15) is 5.01 Å². The lowest BCUT2D eigenvalue weighted by Gasteiger charge is -1.98. The van der Waals surface area contributed by atoms with Crippen molar-refractivity contribution in [1.82, 2.24) is 0 Å². The summed E-state index contributed by atoms with van der Waals surface area (Å²) in [6.07, 6.45) is 0. The normalized spacial score (nSPS) is 11.1. The number of hydrogen-bond acceptors (Lipinski definition) is 6. The highest BCUT2D eigenvalue weighted by Crippen LogP contribution is 2.21. The Balaban J connectivity index is 0.000000232. The largest absolute Gasteiger partial charge is 0.726 e. The smallest absolute Gasteiger partial charge is 0.234 e. The molecular formula is C10H14N2O4S2. The molecule has 2 rings (SSSR count). The number of rotatable bonds is 1. The Kier molecular flexibility index (Phi) is 4.63. The van der Waals surface area contributed by atoms with Crippen LogP contribution < -0.4 is 10.3 Å². The number of aromatic nitrogens is 1. The van der Waals surface area contributed by atoms with Crippen LogP contribution in [0.5, 0.6) is 0 Å². The van der Waals surface area contributed by atoms with Crippen molar-refractivity contribution in [3.63, 3.8) is 0 Å². The molecule has 0 atom stereocenters. The zero-order valence-corrected chi connectivity index (χ0v) is 11.8. The number of nitrogens with two attached hydrogens (primary N) is 1. The van der Waals surface area contributed by atoms with Gasteiger partial charge in [-0.15, -0.1) is 0 Å². The van der Waals surface area contributed by atoms with Gasteiger partial charge in [-0.3, -0.25) is 4.18 Å². The molecule has 0 aliphatic rings. The SMILES string of the molecule is COS(=O)(=O)[O-].Cc1sc2cc(N)ccc2[n+]1C. The maximum atomic E-state index is 9.22. The quantitative estimate of drug-likeness (QED) is 0.361. The van der Waals surface area contributed by atoms with Crippen molar-refractivity contribution in [2.75, 3.05) is 12.8 Å². The summed E-state index contributed by atoms with van der Waals surface area (Å²) in [6, 6.07) is 6.02. The number of anilines is 1. The first-order valence-corrected chi connectivity index (χ1v) is 7.05. The van der Waals surface area contributed by atoms with Gasteiger partial charge in [0.25, 0.3) is 0 Å². The van der Waals surface area contributed by atoms with Crippen molar-refractivity contribution >= 4 is 37.6 Å². The number of fused-ring (bicyclic) bond motifs is 1. The zero-order valence-electron chi connectivity index (χ0n) is 10.2. The van der Waals surface area contributed by atoms with Crippen molar-refractivity contribution in [3.05, 3.63) is 23.2 Å². The van der Waals surface area contributed by atoms with Crippen molar-refractivity contribution in [3.8, 4) is 0 Å². The summed E-state index contributed by atoms with van der Waals surface area (Å²) in [6.45, 7) is 2.11. The second kappa shape index (κ2) is 5.61. The van der Waals surface area contributed by atoms with Crippen LogP contribution >= 0.6 is 11.3 Å². The van der Waals surface area contributed by atoms with Crippen LogP contribution in [-0.4, -0.2) is 20.1 Å². The molecule has 0 fully saturated rings. The summed E-state index contributed by atoms with van der Waals surface area (Å²) in [5.74, 6) is 0. The summed E-state index contributed by atoms with van der Waals surface area (Å²) in [4.78, 5) is 0. The highest BCUT2D eigenvalue weighted by Gasteiger charge is 2.11. The second-order valence-electron chi connectivity index (χ2n) is 3.48. The number of thiazole rings is 1. The van der Waals surface area contributed by atoms with Crippen molar-refractivity contribution in [2.24, 2.45) is 7.05 Å². The van der Waals surface area contributed by atoms with Crippen molar-refractivity contribution in [1.29, 1.82) is 0 Å². The third kappa shape index (κ3) is 3.91. The second-order valence-corrected chi connectivity index (χ2v) is 5.87. The Morgan fingerprint density at radius 3 is 2.50 bits per heavy atom. The van der Waals surface area contributed by atoms with Crippen LogP contribution in [0.2, 0.25) is 0 Å². The average molecular weight is 290 g/mol. The zero-order chi connectivity index (χ0) is 13.9. The molecule has 0 bridgehead atoms. The van der Waals surface area contributed by atoms with Crippen molar-refractivity contribution < 1.29 is 21.7 Å². The van der Waals surface area contributed by atoms with E-state index < -0.39 is 10.4 Å². The topological polar surface area (TPSA) is 96.3 Å². The highest BCUT2D eigenvalue weighted by atomic mass is 32.3. The third-order valence-corrected chi connectivity index (χ3v) is 3.80. The van der Waals surface area contributed by atoms with E-state index in [9.17, 15) is 13.0 Å². The van der Waals surface area contributed by atoms with E-state index in [1.807, 2.05) is 12.1 Å². The maximum Gasteiger partial charge on any atom is 0.234 e. The molecule has 8 heteroatoms. The molecule has 0 radical (unpaired) electrons.